The summed E-state index contributed by atoms with van der Waals surface area (Å²) in [7, 11) is 0. The maximum absolute atomic E-state index is 12.8. The van der Waals surface area contributed by atoms with Crippen molar-refractivity contribution in [1.29, 1.82) is 0 Å². The molecule has 1 aliphatic rings. The number of fused-ring (bicyclic) bond motifs is 1. The summed E-state index contributed by atoms with van der Waals surface area (Å²) in [5.41, 5.74) is 2.72. The van der Waals surface area contributed by atoms with E-state index in [4.69, 9.17) is 11.6 Å². The van der Waals surface area contributed by atoms with E-state index in [9.17, 15) is 4.79 Å². The van der Waals surface area contributed by atoms with E-state index in [-0.39, 0.29) is 11.9 Å². The molecule has 2 aromatic carbocycles. The summed E-state index contributed by atoms with van der Waals surface area (Å²) in [6.45, 7) is 5.42. The molecule has 0 aliphatic carbocycles. The van der Waals surface area contributed by atoms with E-state index < -0.39 is 5.41 Å². The second-order valence-corrected chi connectivity index (χ2v) is 6.93. The Morgan fingerprint density at radius 3 is 2.70 bits per heavy atom. The van der Waals surface area contributed by atoms with Crippen LogP contribution >= 0.6 is 11.6 Å². The lowest BCUT2D eigenvalue weighted by Gasteiger charge is -2.31. The van der Waals surface area contributed by atoms with Gasteiger partial charge < -0.3 is 10.6 Å². The Bertz CT molecular complexity index is 713. The number of carbonyl (C=O) groups is 1. The molecule has 2 aromatic rings. The molecule has 1 heterocycles. The van der Waals surface area contributed by atoms with Crippen LogP contribution in [0.5, 0.6) is 0 Å². The van der Waals surface area contributed by atoms with Gasteiger partial charge in [-0.05, 0) is 42.7 Å². The summed E-state index contributed by atoms with van der Waals surface area (Å²) >= 11 is 6.07. The van der Waals surface area contributed by atoms with Crippen LogP contribution in [-0.4, -0.2) is 12.5 Å². The summed E-state index contributed by atoms with van der Waals surface area (Å²) in [5, 5.41) is 7.25. The van der Waals surface area contributed by atoms with Crippen LogP contribution in [0.15, 0.2) is 48.5 Å². The average Bonchev–Trinajstić information content (AvgIpc) is 2.55. The number of carbonyl (C=O) groups excluding carboxylic acids is 1. The van der Waals surface area contributed by atoms with Crippen molar-refractivity contribution >= 4 is 17.5 Å². The lowest BCUT2D eigenvalue weighted by atomic mass is 9.83. The Morgan fingerprint density at radius 2 is 1.96 bits per heavy atom. The summed E-state index contributed by atoms with van der Waals surface area (Å²) < 4.78 is 0. The largest absolute Gasteiger partial charge is 0.347 e. The molecule has 120 valence electrons. The highest BCUT2D eigenvalue weighted by Gasteiger charge is 2.32. The van der Waals surface area contributed by atoms with Gasteiger partial charge in [-0.25, -0.2) is 0 Å². The number of hydrogen-bond acceptors (Lipinski definition) is 2. The molecule has 1 atom stereocenters. The molecule has 0 fully saturated rings. The molecule has 0 aromatic heterocycles. The van der Waals surface area contributed by atoms with E-state index in [0.29, 0.717) is 0 Å². The minimum absolute atomic E-state index is 0.0262. The maximum atomic E-state index is 12.8. The van der Waals surface area contributed by atoms with Gasteiger partial charge in [0.05, 0.1) is 11.5 Å². The molecular formula is C19H21ClN2O. The molecule has 3 nitrogen and oxygen atoms in total. The van der Waals surface area contributed by atoms with Gasteiger partial charge in [0.1, 0.15) is 0 Å². The Balaban J connectivity index is 1.82. The van der Waals surface area contributed by atoms with Gasteiger partial charge in [0.2, 0.25) is 5.91 Å². The topological polar surface area (TPSA) is 41.1 Å². The highest BCUT2D eigenvalue weighted by Crippen LogP contribution is 2.28. The van der Waals surface area contributed by atoms with E-state index in [1.54, 1.807) is 0 Å². The summed E-state index contributed by atoms with van der Waals surface area (Å²) in [4.78, 5) is 12.8. The molecular weight excluding hydrogens is 308 g/mol. The quantitative estimate of drug-likeness (QED) is 0.904. The zero-order valence-corrected chi connectivity index (χ0v) is 14.2. The van der Waals surface area contributed by atoms with Crippen molar-refractivity contribution in [1.82, 2.24) is 10.6 Å². The van der Waals surface area contributed by atoms with Gasteiger partial charge in [-0.3, -0.25) is 4.79 Å². The molecule has 1 amide bonds. The molecule has 2 N–H and O–H groups in total. The number of nitrogens with one attached hydrogen (secondary N) is 2. The first-order chi connectivity index (χ1) is 11.0. The fourth-order valence-corrected chi connectivity index (χ4v) is 3.18. The molecule has 1 aliphatic heterocycles. The van der Waals surface area contributed by atoms with Crippen LogP contribution < -0.4 is 10.6 Å². The molecule has 0 spiro atoms. The lowest BCUT2D eigenvalue weighted by Crippen LogP contribution is -2.46. The van der Waals surface area contributed by atoms with Gasteiger partial charge >= 0.3 is 0 Å². The lowest BCUT2D eigenvalue weighted by molar-refractivity contribution is -0.126. The van der Waals surface area contributed by atoms with Crippen molar-refractivity contribution < 1.29 is 4.79 Å². The fourth-order valence-electron chi connectivity index (χ4n) is 2.98. The second-order valence-electron chi connectivity index (χ2n) is 6.49. The molecule has 0 saturated carbocycles. The van der Waals surface area contributed by atoms with Gasteiger partial charge in [-0.15, -0.1) is 0 Å². The summed E-state index contributed by atoms with van der Waals surface area (Å²) in [5.74, 6) is 0.0262. The first kappa shape index (κ1) is 16.0. The highest BCUT2D eigenvalue weighted by atomic mass is 35.5. The number of rotatable bonds is 3. The van der Waals surface area contributed by atoms with Crippen molar-refractivity contribution in [2.24, 2.45) is 0 Å². The second kappa shape index (κ2) is 6.34. The maximum Gasteiger partial charge on any atom is 0.230 e. The standard InChI is InChI=1S/C19H21ClN2O/c1-19(2,14-6-4-3-5-7-14)18(23)22-17-12-21-11-13-10-15(20)8-9-16(13)17/h3-10,17,21H,11-12H2,1-2H3,(H,22,23). The van der Waals surface area contributed by atoms with E-state index in [1.165, 1.54) is 0 Å². The predicted molar refractivity (Wildman–Crippen MR) is 93.5 cm³/mol. The summed E-state index contributed by atoms with van der Waals surface area (Å²) in [6, 6.07) is 15.7. The monoisotopic (exact) mass is 328 g/mol. The molecule has 4 heteroatoms. The number of amides is 1. The molecule has 0 bridgehead atoms. The van der Waals surface area contributed by atoms with Crippen molar-refractivity contribution in [2.75, 3.05) is 6.54 Å². The van der Waals surface area contributed by atoms with E-state index in [0.717, 1.165) is 34.8 Å². The van der Waals surface area contributed by atoms with Gasteiger partial charge in [0.25, 0.3) is 0 Å². The third-order valence-electron chi connectivity index (χ3n) is 4.51. The molecule has 0 saturated heterocycles. The van der Waals surface area contributed by atoms with Crippen LogP contribution in [0, 0.1) is 0 Å². The first-order valence-electron chi connectivity index (χ1n) is 7.84. The van der Waals surface area contributed by atoms with Gasteiger partial charge in [0.15, 0.2) is 0 Å². The van der Waals surface area contributed by atoms with Crippen LogP contribution in [0.2, 0.25) is 5.02 Å². The smallest absolute Gasteiger partial charge is 0.230 e. The number of hydrogen-bond donors (Lipinski definition) is 2. The number of benzene rings is 2. The van der Waals surface area contributed by atoms with E-state index in [2.05, 4.69) is 10.6 Å². The Hall–Kier alpha value is -1.84. The molecule has 0 radical (unpaired) electrons. The number of halogens is 1. The zero-order valence-electron chi connectivity index (χ0n) is 13.4. The SMILES string of the molecule is CC(C)(C(=O)NC1CNCc2cc(Cl)ccc21)c1ccccc1. The summed E-state index contributed by atoms with van der Waals surface area (Å²) in [6.07, 6.45) is 0. The van der Waals surface area contributed by atoms with Crippen molar-refractivity contribution in [3.8, 4) is 0 Å². The Morgan fingerprint density at radius 1 is 1.22 bits per heavy atom. The van der Waals surface area contributed by atoms with Crippen molar-refractivity contribution in [2.45, 2.75) is 31.8 Å². The molecule has 1 unspecified atom stereocenters. The minimum Gasteiger partial charge on any atom is -0.347 e. The third-order valence-corrected chi connectivity index (χ3v) is 4.75. The van der Waals surface area contributed by atoms with Crippen LogP contribution in [0.1, 0.15) is 36.6 Å². The van der Waals surface area contributed by atoms with E-state index in [1.807, 2.05) is 62.4 Å². The van der Waals surface area contributed by atoms with Crippen molar-refractivity contribution in [3.05, 3.63) is 70.2 Å². The predicted octanol–water partition coefficient (Wildman–Crippen LogP) is 3.58. The Kier molecular flexibility index (Phi) is 4.42. The normalized spacial score (nSPS) is 17.4. The molecule has 3 rings (SSSR count). The van der Waals surface area contributed by atoms with Crippen LogP contribution in [0.4, 0.5) is 0 Å². The van der Waals surface area contributed by atoms with Gasteiger partial charge in [-0.2, -0.15) is 0 Å². The van der Waals surface area contributed by atoms with Crippen LogP contribution in [0.25, 0.3) is 0 Å². The zero-order chi connectivity index (χ0) is 16.4. The first-order valence-corrected chi connectivity index (χ1v) is 8.22. The minimum atomic E-state index is -0.578. The third kappa shape index (κ3) is 3.26. The van der Waals surface area contributed by atoms with Crippen LogP contribution in [-0.2, 0) is 16.8 Å². The fraction of sp³-hybridized carbons (Fsp3) is 0.316. The highest BCUT2D eigenvalue weighted by molar-refractivity contribution is 6.30. The molecule has 23 heavy (non-hydrogen) atoms. The Labute approximate surface area is 142 Å². The van der Waals surface area contributed by atoms with Crippen LogP contribution in [0.3, 0.4) is 0 Å². The van der Waals surface area contributed by atoms with Crippen molar-refractivity contribution in [3.63, 3.8) is 0 Å². The van der Waals surface area contributed by atoms with Gasteiger partial charge in [0, 0.05) is 18.1 Å². The van der Waals surface area contributed by atoms with E-state index >= 15 is 0 Å². The van der Waals surface area contributed by atoms with Gasteiger partial charge in [-0.1, -0.05) is 48.0 Å². The average molecular weight is 329 g/mol.